The zero-order valence-corrected chi connectivity index (χ0v) is 13.8. The van der Waals surface area contributed by atoms with Crippen LogP contribution in [0.5, 0.6) is 0 Å². The zero-order valence-electron chi connectivity index (χ0n) is 13.8. The molecule has 1 aliphatic rings. The fraction of sp³-hybridized carbons (Fsp3) is 0.250. The molecule has 0 bridgehead atoms. The van der Waals surface area contributed by atoms with E-state index in [1.165, 1.54) is 27.6 Å². The summed E-state index contributed by atoms with van der Waals surface area (Å²) < 4.78 is 2.09. The molecular formula is C20H20N2O. The molecule has 1 aromatic heterocycles. The number of anilines is 1. The van der Waals surface area contributed by atoms with Crippen LogP contribution in [-0.4, -0.2) is 17.0 Å². The summed E-state index contributed by atoms with van der Waals surface area (Å²) in [6, 6.07) is 14.2. The summed E-state index contributed by atoms with van der Waals surface area (Å²) in [7, 11) is 2.01. The van der Waals surface area contributed by atoms with Crippen molar-refractivity contribution in [3.8, 4) is 0 Å². The Labute approximate surface area is 136 Å². The number of carbonyl (C=O) groups excluding carboxylic acids is 1. The molecule has 2 aromatic carbocycles. The molecule has 1 aliphatic heterocycles. The van der Waals surface area contributed by atoms with Crippen molar-refractivity contribution in [1.82, 2.24) is 4.57 Å². The van der Waals surface area contributed by atoms with Gasteiger partial charge < -0.3 is 9.47 Å². The lowest BCUT2D eigenvalue weighted by Gasteiger charge is -2.28. The van der Waals surface area contributed by atoms with Crippen molar-refractivity contribution in [1.29, 1.82) is 0 Å². The van der Waals surface area contributed by atoms with Crippen LogP contribution >= 0.6 is 0 Å². The molecule has 0 N–H and O–H groups in total. The lowest BCUT2D eigenvalue weighted by atomic mass is 9.98. The third kappa shape index (κ3) is 1.93. The van der Waals surface area contributed by atoms with Crippen molar-refractivity contribution >= 4 is 22.5 Å². The van der Waals surface area contributed by atoms with E-state index in [4.69, 9.17) is 0 Å². The van der Waals surface area contributed by atoms with Gasteiger partial charge in [-0.1, -0.05) is 30.3 Å². The lowest BCUT2D eigenvalue weighted by molar-refractivity contribution is 0.0973. The largest absolute Gasteiger partial charge is 0.339 e. The number of para-hydroxylation sites is 1. The number of hydrogen-bond acceptors (Lipinski definition) is 1. The first-order chi connectivity index (χ1) is 11.1. The molecule has 23 heavy (non-hydrogen) atoms. The van der Waals surface area contributed by atoms with Gasteiger partial charge in [-0.2, -0.15) is 0 Å². The van der Waals surface area contributed by atoms with Crippen molar-refractivity contribution in [3.05, 3.63) is 64.8 Å². The number of aromatic nitrogens is 1. The van der Waals surface area contributed by atoms with Gasteiger partial charge in [-0.15, -0.1) is 0 Å². The first-order valence-electron chi connectivity index (χ1n) is 8.04. The number of fused-ring (bicyclic) bond motifs is 3. The summed E-state index contributed by atoms with van der Waals surface area (Å²) in [6.07, 6.45) is 0.900. The maximum atomic E-state index is 13.1. The van der Waals surface area contributed by atoms with Crippen molar-refractivity contribution in [2.75, 3.05) is 11.4 Å². The van der Waals surface area contributed by atoms with Gasteiger partial charge in [0.25, 0.3) is 5.91 Å². The fourth-order valence-electron chi connectivity index (χ4n) is 3.87. The van der Waals surface area contributed by atoms with Crippen molar-refractivity contribution in [2.24, 2.45) is 7.05 Å². The van der Waals surface area contributed by atoms with Gasteiger partial charge in [0.1, 0.15) is 5.69 Å². The van der Waals surface area contributed by atoms with E-state index in [0.29, 0.717) is 0 Å². The monoisotopic (exact) mass is 304 g/mol. The highest BCUT2D eigenvalue weighted by molar-refractivity contribution is 6.11. The Kier molecular flexibility index (Phi) is 3.05. The Balaban J connectivity index is 1.95. The van der Waals surface area contributed by atoms with Gasteiger partial charge in [0.15, 0.2) is 0 Å². The number of carbonyl (C=O) groups is 1. The van der Waals surface area contributed by atoms with Gasteiger partial charge in [-0.3, -0.25) is 4.79 Å². The Hall–Kier alpha value is -2.55. The first-order valence-corrected chi connectivity index (χ1v) is 8.04. The minimum Gasteiger partial charge on any atom is -0.339 e. The number of hydrogen-bond donors (Lipinski definition) is 0. The maximum absolute atomic E-state index is 13.1. The Bertz CT molecular complexity index is 922. The maximum Gasteiger partial charge on any atom is 0.275 e. The minimum atomic E-state index is 0.106. The second-order valence-electron chi connectivity index (χ2n) is 6.35. The third-order valence-corrected chi connectivity index (χ3v) is 4.95. The standard InChI is InChI=1S/C20H20N2O/c1-13-9-10-14(2)18-17(13)16-11-12-22(15-7-5-4-6-8-15)20(23)19(16)21(18)3/h4-10H,11-12H2,1-3H3. The van der Waals surface area contributed by atoms with E-state index < -0.39 is 0 Å². The zero-order chi connectivity index (χ0) is 16.1. The molecule has 116 valence electrons. The van der Waals surface area contributed by atoms with Crippen LogP contribution in [0.15, 0.2) is 42.5 Å². The SMILES string of the molecule is Cc1ccc(C)c2c1c1c(n2C)C(=O)N(c2ccccc2)CC1. The smallest absolute Gasteiger partial charge is 0.275 e. The van der Waals surface area contributed by atoms with Crippen LogP contribution in [0.3, 0.4) is 0 Å². The topological polar surface area (TPSA) is 25.2 Å². The molecule has 0 aliphatic carbocycles. The third-order valence-electron chi connectivity index (χ3n) is 4.95. The lowest BCUT2D eigenvalue weighted by Crippen LogP contribution is -2.38. The van der Waals surface area contributed by atoms with Crippen LogP contribution in [0, 0.1) is 13.8 Å². The molecule has 0 fully saturated rings. The van der Waals surface area contributed by atoms with Crippen molar-refractivity contribution in [3.63, 3.8) is 0 Å². The summed E-state index contributed by atoms with van der Waals surface area (Å²) in [4.78, 5) is 15.0. The van der Waals surface area contributed by atoms with Gasteiger partial charge in [-0.05, 0) is 49.1 Å². The van der Waals surface area contributed by atoms with E-state index in [0.717, 1.165) is 24.3 Å². The Morgan fingerprint density at radius 3 is 2.39 bits per heavy atom. The highest BCUT2D eigenvalue weighted by Gasteiger charge is 2.31. The molecule has 0 saturated heterocycles. The van der Waals surface area contributed by atoms with Crippen molar-refractivity contribution in [2.45, 2.75) is 20.3 Å². The number of aryl methyl sites for hydroxylation is 3. The fourth-order valence-corrected chi connectivity index (χ4v) is 3.87. The van der Waals surface area contributed by atoms with Crippen LogP contribution in [-0.2, 0) is 13.5 Å². The van der Waals surface area contributed by atoms with E-state index in [1.54, 1.807) is 0 Å². The molecule has 3 nitrogen and oxygen atoms in total. The van der Waals surface area contributed by atoms with Crippen LogP contribution < -0.4 is 4.90 Å². The summed E-state index contributed by atoms with van der Waals surface area (Å²) in [5.74, 6) is 0.106. The quantitative estimate of drug-likeness (QED) is 0.667. The summed E-state index contributed by atoms with van der Waals surface area (Å²) in [6.45, 7) is 4.99. The molecule has 0 unspecified atom stereocenters. The predicted molar refractivity (Wildman–Crippen MR) is 94.2 cm³/mol. The number of amides is 1. The molecule has 3 aromatic rings. The summed E-state index contributed by atoms with van der Waals surface area (Å²) >= 11 is 0. The minimum absolute atomic E-state index is 0.106. The number of nitrogens with zero attached hydrogens (tertiary/aromatic N) is 2. The second-order valence-corrected chi connectivity index (χ2v) is 6.35. The van der Waals surface area contributed by atoms with E-state index in [9.17, 15) is 4.79 Å². The highest BCUT2D eigenvalue weighted by Crippen LogP contribution is 2.35. The van der Waals surface area contributed by atoms with Crippen LogP contribution in [0.25, 0.3) is 10.9 Å². The molecule has 0 spiro atoms. The summed E-state index contributed by atoms with van der Waals surface area (Å²) in [5, 5.41) is 1.27. The van der Waals surface area contributed by atoms with Crippen molar-refractivity contribution < 1.29 is 4.79 Å². The number of rotatable bonds is 1. The molecule has 1 amide bonds. The van der Waals surface area contributed by atoms with E-state index in [-0.39, 0.29) is 5.91 Å². The van der Waals surface area contributed by atoms with Crippen LogP contribution in [0.2, 0.25) is 0 Å². The molecule has 0 atom stereocenters. The van der Waals surface area contributed by atoms with E-state index >= 15 is 0 Å². The molecule has 0 saturated carbocycles. The normalized spacial score (nSPS) is 14.4. The van der Waals surface area contributed by atoms with E-state index in [1.807, 2.05) is 42.3 Å². The Morgan fingerprint density at radius 2 is 1.65 bits per heavy atom. The van der Waals surface area contributed by atoms with E-state index in [2.05, 4.69) is 30.5 Å². The first kappa shape index (κ1) is 14.1. The van der Waals surface area contributed by atoms with Crippen LogP contribution in [0.1, 0.15) is 27.2 Å². The Morgan fingerprint density at radius 1 is 0.957 bits per heavy atom. The van der Waals surface area contributed by atoms with Gasteiger partial charge in [-0.25, -0.2) is 0 Å². The van der Waals surface area contributed by atoms with Gasteiger partial charge in [0, 0.05) is 24.7 Å². The molecular weight excluding hydrogens is 284 g/mol. The average molecular weight is 304 g/mol. The molecule has 0 radical (unpaired) electrons. The highest BCUT2D eigenvalue weighted by atomic mass is 16.2. The van der Waals surface area contributed by atoms with Gasteiger partial charge >= 0.3 is 0 Å². The van der Waals surface area contributed by atoms with Crippen LogP contribution in [0.4, 0.5) is 5.69 Å². The summed E-state index contributed by atoms with van der Waals surface area (Å²) in [5.41, 5.74) is 6.69. The molecule has 2 heterocycles. The van der Waals surface area contributed by atoms with Gasteiger partial charge in [0.05, 0.1) is 5.52 Å². The molecule has 3 heteroatoms. The predicted octanol–water partition coefficient (Wildman–Crippen LogP) is 4.00. The van der Waals surface area contributed by atoms with Gasteiger partial charge in [0.2, 0.25) is 0 Å². The number of benzene rings is 2. The molecule has 4 rings (SSSR count). The second kappa shape index (κ2) is 4.98. The average Bonchev–Trinajstić information content (AvgIpc) is 2.87.